The number of amides is 1. The highest BCUT2D eigenvalue weighted by atomic mass is 19.4. The molecule has 1 aliphatic heterocycles. The summed E-state index contributed by atoms with van der Waals surface area (Å²) < 4.78 is 53.4. The maximum atomic E-state index is 12.3. The summed E-state index contributed by atoms with van der Waals surface area (Å²) >= 11 is 0. The first-order chi connectivity index (χ1) is 17.3. The van der Waals surface area contributed by atoms with E-state index >= 15 is 0 Å². The van der Waals surface area contributed by atoms with Gasteiger partial charge in [-0.05, 0) is 66.6 Å². The second kappa shape index (κ2) is 9.61. The number of carbonyl (C=O) groups excluding carboxylic acids is 1. The van der Waals surface area contributed by atoms with Crippen LogP contribution in [0.4, 0.5) is 23.7 Å². The zero-order valence-electron chi connectivity index (χ0n) is 18.6. The van der Waals surface area contributed by atoms with Gasteiger partial charge in [-0.1, -0.05) is 18.2 Å². The lowest BCUT2D eigenvalue weighted by Gasteiger charge is -2.25. The predicted octanol–water partition coefficient (Wildman–Crippen LogP) is 5.73. The summed E-state index contributed by atoms with van der Waals surface area (Å²) in [6.45, 7) is 0. The van der Waals surface area contributed by atoms with Gasteiger partial charge in [-0.3, -0.25) is 5.32 Å². The molecule has 1 amide bonds. The molecule has 1 aliphatic rings. The molecule has 1 N–H and O–H groups in total. The van der Waals surface area contributed by atoms with Crippen LogP contribution in [-0.2, 0) is 11.2 Å². The van der Waals surface area contributed by atoms with Crippen LogP contribution in [0, 0.1) is 0 Å². The molecule has 0 saturated carbocycles. The van der Waals surface area contributed by atoms with E-state index in [4.69, 9.17) is 9.47 Å². The number of nitrogens with zero attached hydrogens (tertiary/aromatic N) is 3. The molecule has 1 atom stereocenters. The third kappa shape index (κ3) is 5.57. The molecule has 184 valence electrons. The van der Waals surface area contributed by atoms with Gasteiger partial charge in [-0.15, -0.1) is 18.3 Å². The summed E-state index contributed by atoms with van der Waals surface area (Å²) in [5.74, 6) is 0.783. The minimum Gasteiger partial charge on any atom is -0.454 e. The largest absolute Gasteiger partial charge is 0.573 e. The SMILES string of the molecule is O=C(Nc1ccc(-c2ncn(-c3ccc(OC(F)(F)F)cc3)n2)cc1)OC1CCc2ccccc2O1. The van der Waals surface area contributed by atoms with Gasteiger partial charge in [0.2, 0.25) is 6.29 Å². The third-order valence-electron chi connectivity index (χ3n) is 5.34. The zero-order chi connectivity index (χ0) is 25.1. The number of aromatic nitrogens is 3. The van der Waals surface area contributed by atoms with Gasteiger partial charge in [0.25, 0.3) is 0 Å². The van der Waals surface area contributed by atoms with Crippen LogP contribution in [0.1, 0.15) is 12.0 Å². The number of hydrogen-bond acceptors (Lipinski definition) is 6. The lowest BCUT2D eigenvalue weighted by atomic mass is 10.1. The first-order valence-electron chi connectivity index (χ1n) is 10.9. The molecule has 5 rings (SSSR count). The highest BCUT2D eigenvalue weighted by Crippen LogP contribution is 2.28. The summed E-state index contributed by atoms with van der Waals surface area (Å²) in [6.07, 6.45) is -3.28. The highest BCUT2D eigenvalue weighted by molar-refractivity contribution is 5.85. The second-order valence-corrected chi connectivity index (χ2v) is 7.86. The number of rotatable bonds is 5. The Balaban J connectivity index is 1.18. The van der Waals surface area contributed by atoms with Crippen LogP contribution in [0.3, 0.4) is 0 Å². The zero-order valence-corrected chi connectivity index (χ0v) is 18.6. The van der Waals surface area contributed by atoms with E-state index < -0.39 is 18.7 Å². The highest BCUT2D eigenvalue weighted by Gasteiger charge is 2.31. The number of hydrogen-bond donors (Lipinski definition) is 1. The quantitative estimate of drug-likeness (QED) is 0.380. The Morgan fingerprint density at radius 1 is 1.03 bits per heavy atom. The van der Waals surface area contributed by atoms with Crippen molar-refractivity contribution in [3.63, 3.8) is 0 Å². The molecule has 2 heterocycles. The monoisotopic (exact) mass is 496 g/mol. The molecule has 11 heteroatoms. The van der Waals surface area contributed by atoms with Gasteiger partial charge in [0.05, 0.1) is 5.69 Å². The molecule has 36 heavy (non-hydrogen) atoms. The normalized spacial score (nSPS) is 14.9. The summed E-state index contributed by atoms with van der Waals surface area (Å²) in [5, 5.41) is 7.02. The predicted molar refractivity (Wildman–Crippen MR) is 123 cm³/mol. The van der Waals surface area contributed by atoms with Crippen molar-refractivity contribution in [3.05, 3.63) is 84.7 Å². The number of nitrogens with one attached hydrogen (secondary N) is 1. The Bertz CT molecular complexity index is 1350. The van der Waals surface area contributed by atoms with Gasteiger partial charge in [0.15, 0.2) is 5.82 Å². The van der Waals surface area contributed by atoms with Gasteiger partial charge in [-0.25, -0.2) is 14.5 Å². The van der Waals surface area contributed by atoms with Crippen molar-refractivity contribution in [1.82, 2.24) is 14.8 Å². The molecular weight excluding hydrogens is 477 g/mol. The van der Waals surface area contributed by atoms with Crippen LogP contribution in [0.15, 0.2) is 79.1 Å². The van der Waals surface area contributed by atoms with E-state index in [9.17, 15) is 18.0 Å². The average Bonchev–Trinajstić information content (AvgIpc) is 3.34. The van der Waals surface area contributed by atoms with Crippen LogP contribution in [0.2, 0.25) is 0 Å². The maximum absolute atomic E-state index is 12.3. The smallest absolute Gasteiger partial charge is 0.454 e. The first kappa shape index (κ1) is 23.2. The second-order valence-electron chi connectivity index (χ2n) is 7.86. The van der Waals surface area contributed by atoms with Crippen molar-refractivity contribution >= 4 is 11.8 Å². The van der Waals surface area contributed by atoms with E-state index in [2.05, 4.69) is 20.1 Å². The Hall–Kier alpha value is -4.54. The lowest BCUT2D eigenvalue weighted by Crippen LogP contribution is -2.30. The molecule has 0 radical (unpaired) electrons. The van der Waals surface area contributed by atoms with Crippen molar-refractivity contribution in [3.8, 4) is 28.6 Å². The van der Waals surface area contributed by atoms with Crippen molar-refractivity contribution in [2.45, 2.75) is 25.5 Å². The minimum atomic E-state index is -4.75. The summed E-state index contributed by atoms with van der Waals surface area (Å²) in [7, 11) is 0. The standard InChI is InChI=1S/C25H19F3N4O4/c26-25(27,28)36-20-12-10-19(11-13-20)32-15-29-23(31-32)17-5-8-18(9-6-17)30-24(33)35-22-14-7-16-3-1-2-4-21(16)34-22/h1-6,8-13,15,22H,7,14H2,(H,30,33). The number of alkyl halides is 3. The first-order valence-corrected chi connectivity index (χ1v) is 10.9. The number of ether oxygens (including phenoxy) is 3. The number of aryl methyl sites for hydroxylation is 1. The summed E-state index contributed by atoms with van der Waals surface area (Å²) in [5.41, 5.74) is 2.78. The van der Waals surface area contributed by atoms with E-state index in [1.807, 2.05) is 24.3 Å². The number of carbonyl (C=O) groups is 1. The van der Waals surface area contributed by atoms with Crippen LogP contribution in [0.5, 0.6) is 11.5 Å². The fourth-order valence-electron chi connectivity index (χ4n) is 3.67. The van der Waals surface area contributed by atoms with Crippen LogP contribution in [-0.4, -0.2) is 33.5 Å². The fraction of sp³-hybridized carbons (Fsp3) is 0.160. The average molecular weight is 496 g/mol. The molecule has 0 fully saturated rings. The van der Waals surface area contributed by atoms with E-state index in [0.717, 1.165) is 12.0 Å². The minimum absolute atomic E-state index is 0.326. The molecule has 0 saturated heterocycles. The Morgan fingerprint density at radius 3 is 2.53 bits per heavy atom. The molecule has 4 aromatic rings. The molecule has 0 spiro atoms. The molecule has 0 aliphatic carbocycles. The van der Waals surface area contributed by atoms with Gasteiger partial charge < -0.3 is 14.2 Å². The van der Waals surface area contributed by atoms with Crippen molar-refractivity contribution in [2.75, 3.05) is 5.32 Å². The Kier molecular flexibility index (Phi) is 6.19. The van der Waals surface area contributed by atoms with Crippen molar-refractivity contribution < 1.29 is 32.2 Å². The number of benzene rings is 3. The molecule has 3 aromatic carbocycles. The number of para-hydroxylation sites is 1. The van der Waals surface area contributed by atoms with Gasteiger partial charge in [-0.2, -0.15) is 0 Å². The lowest BCUT2D eigenvalue weighted by molar-refractivity contribution is -0.274. The van der Waals surface area contributed by atoms with Crippen LogP contribution in [0.25, 0.3) is 17.1 Å². The maximum Gasteiger partial charge on any atom is 0.573 e. The molecule has 0 bridgehead atoms. The van der Waals surface area contributed by atoms with Gasteiger partial charge in [0.1, 0.15) is 17.8 Å². The molecular formula is C25H19F3N4O4. The fourth-order valence-corrected chi connectivity index (χ4v) is 3.67. The third-order valence-corrected chi connectivity index (χ3v) is 5.34. The Labute approximate surface area is 203 Å². The van der Waals surface area contributed by atoms with E-state index in [0.29, 0.717) is 34.9 Å². The Morgan fingerprint density at radius 2 is 1.78 bits per heavy atom. The van der Waals surface area contributed by atoms with Crippen molar-refractivity contribution in [2.24, 2.45) is 0 Å². The summed E-state index contributed by atoms with van der Waals surface area (Å²) in [6, 6.07) is 19.7. The number of fused-ring (bicyclic) bond motifs is 1. The number of halogens is 3. The summed E-state index contributed by atoms with van der Waals surface area (Å²) in [4.78, 5) is 16.5. The van der Waals surface area contributed by atoms with Crippen molar-refractivity contribution in [1.29, 1.82) is 0 Å². The molecule has 1 aromatic heterocycles. The van der Waals surface area contributed by atoms with Crippen LogP contribution < -0.4 is 14.8 Å². The van der Waals surface area contributed by atoms with E-state index in [1.165, 1.54) is 35.3 Å². The van der Waals surface area contributed by atoms with E-state index in [1.54, 1.807) is 24.3 Å². The molecule has 8 nitrogen and oxygen atoms in total. The van der Waals surface area contributed by atoms with E-state index in [-0.39, 0.29) is 5.75 Å². The number of anilines is 1. The topological polar surface area (TPSA) is 87.5 Å². The molecule has 1 unspecified atom stereocenters. The van der Waals surface area contributed by atoms with Gasteiger partial charge in [0, 0.05) is 17.7 Å². The van der Waals surface area contributed by atoms with Crippen LogP contribution >= 0.6 is 0 Å². The van der Waals surface area contributed by atoms with Gasteiger partial charge >= 0.3 is 12.5 Å².